The number of likely N-dealkylation sites (N-methyl/N-ethyl adjacent to an activating group) is 1. The number of unbranched alkanes of at least 4 members (excludes halogenated alkanes) is 32. The molecule has 2 N–H and O–H groups in total. The first kappa shape index (κ1) is 61.0. The Morgan fingerprint density at radius 1 is 0.581 bits per heavy atom. The van der Waals surface area contributed by atoms with Crippen LogP contribution in [0.5, 0.6) is 0 Å². The molecule has 0 aromatic heterocycles. The van der Waals surface area contributed by atoms with Gasteiger partial charge < -0.3 is 28.8 Å². The molecule has 368 valence electrons. The number of phosphoric acid groups is 1. The Balaban J connectivity index is 4.20. The molecule has 0 saturated heterocycles. The van der Waals surface area contributed by atoms with Crippen molar-refractivity contribution in [1.29, 1.82) is 0 Å². The van der Waals surface area contributed by atoms with Gasteiger partial charge in [0.25, 0.3) is 7.82 Å². The van der Waals surface area contributed by atoms with E-state index in [9.17, 15) is 19.4 Å². The van der Waals surface area contributed by atoms with Gasteiger partial charge in [-0.1, -0.05) is 237 Å². The van der Waals surface area contributed by atoms with Crippen LogP contribution in [-0.2, 0) is 18.4 Å². The van der Waals surface area contributed by atoms with E-state index in [2.05, 4.69) is 43.5 Å². The van der Waals surface area contributed by atoms with Crippen molar-refractivity contribution >= 4 is 13.7 Å². The van der Waals surface area contributed by atoms with Gasteiger partial charge in [-0.3, -0.25) is 9.36 Å². The van der Waals surface area contributed by atoms with Crippen LogP contribution in [0.15, 0.2) is 24.3 Å². The third-order valence-electron chi connectivity index (χ3n) is 12.2. The van der Waals surface area contributed by atoms with Crippen LogP contribution in [0.1, 0.15) is 258 Å². The second-order valence-electron chi connectivity index (χ2n) is 19.6. The number of carbonyl (C=O) groups excluding carboxylic acids is 1. The van der Waals surface area contributed by atoms with Crippen molar-refractivity contribution in [3.63, 3.8) is 0 Å². The maximum absolute atomic E-state index is 13.0. The molecule has 1 amide bonds. The lowest BCUT2D eigenvalue weighted by molar-refractivity contribution is -0.870. The van der Waals surface area contributed by atoms with Crippen LogP contribution in [0.2, 0.25) is 0 Å². The van der Waals surface area contributed by atoms with Crippen LogP contribution in [0.3, 0.4) is 0 Å². The number of nitrogens with zero attached hydrogens (tertiary/aromatic N) is 1. The maximum atomic E-state index is 13.0. The molecule has 0 bridgehead atoms. The summed E-state index contributed by atoms with van der Waals surface area (Å²) in [5.41, 5.74) is 0. The van der Waals surface area contributed by atoms with Crippen molar-refractivity contribution in [2.75, 3.05) is 40.9 Å². The van der Waals surface area contributed by atoms with E-state index >= 15 is 0 Å². The topological polar surface area (TPSA) is 108 Å². The molecule has 0 spiro atoms. The Hall–Kier alpha value is -1.02. The van der Waals surface area contributed by atoms with Crippen molar-refractivity contribution in [2.24, 2.45) is 0 Å². The Labute approximate surface area is 385 Å². The van der Waals surface area contributed by atoms with Gasteiger partial charge in [0.2, 0.25) is 5.91 Å². The fraction of sp³-hybridized carbons (Fsp3) is 0.906. The van der Waals surface area contributed by atoms with Crippen LogP contribution in [0.25, 0.3) is 0 Å². The number of phosphoric ester groups is 1. The van der Waals surface area contributed by atoms with Crippen LogP contribution in [0.4, 0.5) is 0 Å². The van der Waals surface area contributed by atoms with E-state index < -0.39 is 20.0 Å². The highest BCUT2D eigenvalue weighted by Gasteiger charge is 2.24. The molecule has 3 atom stereocenters. The summed E-state index contributed by atoms with van der Waals surface area (Å²) in [6.07, 6.45) is 54.8. The first-order valence-electron chi connectivity index (χ1n) is 26.7. The number of aliphatic hydroxyl groups excluding tert-OH is 1. The number of allylic oxidation sites excluding steroid dienone is 4. The van der Waals surface area contributed by atoms with Gasteiger partial charge in [0.05, 0.1) is 39.9 Å². The highest BCUT2D eigenvalue weighted by molar-refractivity contribution is 7.45. The number of carbonyl (C=O) groups is 1. The maximum Gasteiger partial charge on any atom is 0.268 e. The minimum Gasteiger partial charge on any atom is -0.756 e. The number of aliphatic hydroxyl groups is 1. The third kappa shape index (κ3) is 47.0. The number of rotatable bonds is 49. The summed E-state index contributed by atoms with van der Waals surface area (Å²) in [5, 5.41) is 14.0. The van der Waals surface area contributed by atoms with Crippen molar-refractivity contribution in [1.82, 2.24) is 5.32 Å². The molecule has 3 unspecified atom stereocenters. The minimum absolute atomic E-state index is 0.0138. The molecule has 0 saturated carbocycles. The minimum atomic E-state index is -4.57. The highest BCUT2D eigenvalue weighted by Crippen LogP contribution is 2.38. The summed E-state index contributed by atoms with van der Waals surface area (Å²) < 4.78 is 23.4. The number of amides is 1. The summed E-state index contributed by atoms with van der Waals surface area (Å²) in [6, 6.07) is -0.798. The van der Waals surface area contributed by atoms with Crippen LogP contribution in [-0.4, -0.2) is 68.5 Å². The van der Waals surface area contributed by atoms with Gasteiger partial charge in [0, 0.05) is 6.42 Å². The summed E-state index contributed by atoms with van der Waals surface area (Å²) in [5.74, 6) is -0.162. The van der Waals surface area contributed by atoms with Crippen LogP contribution >= 0.6 is 7.82 Å². The molecular weight excluding hydrogens is 792 g/mol. The molecule has 0 aliphatic rings. The molecule has 0 aliphatic carbocycles. The molecule has 0 aromatic rings. The van der Waals surface area contributed by atoms with Gasteiger partial charge in [-0.2, -0.15) is 0 Å². The predicted molar refractivity (Wildman–Crippen MR) is 265 cm³/mol. The second kappa shape index (κ2) is 45.1. The fourth-order valence-electron chi connectivity index (χ4n) is 8.02. The molecule has 62 heavy (non-hydrogen) atoms. The Kier molecular flexibility index (Phi) is 44.4. The highest BCUT2D eigenvalue weighted by atomic mass is 31.2. The van der Waals surface area contributed by atoms with Gasteiger partial charge in [-0.15, -0.1) is 0 Å². The van der Waals surface area contributed by atoms with E-state index in [0.29, 0.717) is 23.9 Å². The molecular formula is C53H105N2O6P. The average molecular weight is 897 g/mol. The fourth-order valence-corrected chi connectivity index (χ4v) is 8.74. The quantitative estimate of drug-likeness (QED) is 0.0273. The lowest BCUT2D eigenvalue weighted by atomic mass is 10.0. The van der Waals surface area contributed by atoms with Gasteiger partial charge in [0.15, 0.2) is 0 Å². The van der Waals surface area contributed by atoms with Gasteiger partial charge in [0.1, 0.15) is 13.2 Å². The summed E-state index contributed by atoms with van der Waals surface area (Å²) in [6.45, 7) is 4.65. The van der Waals surface area contributed by atoms with E-state index in [1.165, 1.54) is 180 Å². The molecule has 8 nitrogen and oxygen atoms in total. The number of hydrogen-bond donors (Lipinski definition) is 2. The van der Waals surface area contributed by atoms with Crippen molar-refractivity contribution < 1.29 is 32.9 Å². The molecule has 9 heteroatoms. The van der Waals surface area contributed by atoms with Gasteiger partial charge in [-0.05, 0) is 38.5 Å². The molecule has 0 heterocycles. The van der Waals surface area contributed by atoms with E-state index in [4.69, 9.17) is 9.05 Å². The Morgan fingerprint density at radius 2 is 0.984 bits per heavy atom. The zero-order valence-electron chi connectivity index (χ0n) is 41.8. The zero-order valence-corrected chi connectivity index (χ0v) is 42.7. The summed E-state index contributed by atoms with van der Waals surface area (Å²) in [4.78, 5) is 25.5. The summed E-state index contributed by atoms with van der Waals surface area (Å²) >= 11 is 0. The van der Waals surface area contributed by atoms with E-state index in [0.717, 1.165) is 51.4 Å². The molecule has 0 aliphatic heterocycles. The Morgan fingerprint density at radius 3 is 1.42 bits per heavy atom. The number of hydrogen-bond acceptors (Lipinski definition) is 6. The average Bonchev–Trinajstić information content (AvgIpc) is 3.23. The molecule has 0 aromatic carbocycles. The molecule has 0 rings (SSSR count). The van der Waals surface area contributed by atoms with Gasteiger partial charge in [-0.25, -0.2) is 0 Å². The standard InChI is InChI=1S/C53H105N2O6P/c1-6-8-10-12-14-16-18-20-22-24-26-27-29-31-33-35-37-39-41-43-45-47-53(57)54-51(50-61-62(58,59)60-49-48-55(3,4)5)52(56)46-44-42-40-38-36-34-32-30-28-25-23-21-19-17-15-13-11-9-7-2/h8,10,14,16,51-52,56H,6-7,9,11-13,15,17-50H2,1-5H3,(H-,54,57,58,59)/b10-8-,16-14-. The molecule has 0 fully saturated rings. The van der Waals surface area contributed by atoms with Crippen LogP contribution in [0, 0.1) is 0 Å². The summed E-state index contributed by atoms with van der Waals surface area (Å²) in [7, 11) is 1.31. The van der Waals surface area contributed by atoms with E-state index in [-0.39, 0.29) is 19.1 Å². The number of quaternary nitrogens is 1. The van der Waals surface area contributed by atoms with Crippen LogP contribution < -0.4 is 10.2 Å². The predicted octanol–water partition coefficient (Wildman–Crippen LogP) is 15.0. The van der Waals surface area contributed by atoms with Crippen molar-refractivity contribution in [3.05, 3.63) is 24.3 Å². The lowest BCUT2D eigenvalue weighted by Crippen LogP contribution is -2.46. The third-order valence-corrected chi connectivity index (χ3v) is 13.2. The first-order chi connectivity index (χ1) is 30.0. The molecule has 0 radical (unpaired) electrons. The van der Waals surface area contributed by atoms with Gasteiger partial charge >= 0.3 is 0 Å². The number of nitrogens with one attached hydrogen (secondary N) is 1. The Bertz CT molecular complexity index is 1060. The zero-order chi connectivity index (χ0) is 45.7. The van der Waals surface area contributed by atoms with E-state index in [1.807, 2.05) is 21.1 Å². The first-order valence-corrected chi connectivity index (χ1v) is 28.1. The smallest absolute Gasteiger partial charge is 0.268 e. The SMILES string of the molecule is CC/C=C\C/C=C\CCCCCCCCCCCCCCCCC(=O)NC(COP(=O)([O-])OCC[N+](C)(C)C)C(O)CCCCCCCCCCCCCCCCCCCCC. The monoisotopic (exact) mass is 897 g/mol. The van der Waals surface area contributed by atoms with Crippen molar-refractivity contribution in [2.45, 2.75) is 270 Å². The van der Waals surface area contributed by atoms with E-state index in [1.54, 1.807) is 0 Å². The lowest BCUT2D eigenvalue weighted by Gasteiger charge is -2.30. The van der Waals surface area contributed by atoms with Crippen molar-refractivity contribution in [3.8, 4) is 0 Å². The second-order valence-corrected chi connectivity index (χ2v) is 21.0. The normalized spacial score (nSPS) is 14.2. The largest absolute Gasteiger partial charge is 0.756 e.